The number of hydrogen-bond acceptors (Lipinski definition) is 7. The van der Waals surface area contributed by atoms with Crippen LogP contribution in [0.15, 0.2) is 54.7 Å². The van der Waals surface area contributed by atoms with Crippen molar-refractivity contribution in [3.63, 3.8) is 0 Å². The highest BCUT2D eigenvalue weighted by Gasteiger charge is 2.12. The van der Waals surface area contributed by atoms with Gasteiger partial charge in [0.15, 0.2) is 0 Å². The molecule has 0 spiro atoms. The lowest BCUT2D eigenvalue weighted by Gasteiger charge is -2.06. The molecule has 0 saturated heterocycles. The quantitative estimate of drug-likeness (QED) is 0.516. The van der Waals surface area contributed by atoms with E-state index < -0.39 is 0 Å². The van der Waals surface area contributed by atoms with Crippen molar-refractivity contribution in [2.24, 2.45) is 5.92 Å². The molecule has 4 aromatic rings. The van der Waals surface area contributed by atoms with Crippen LogP contribution < -0.4 is 5.73 Å². The number of benzene rings is 1. The summed E-state index contributed by atoms with van der Waals surface area (Å²) in [6.07, 6.45) is 2.75. The molecule has 0 atom stereocenters. The molecule has 8 nitrogen and oxygen atoms in total. The lowest BCUT2D eigenvalue weighted by Crippen LogP contribution is -2.05. The van der Waals surface area contributed by atoms with E-state index >= 15 is 0 Å². The predicted molar refractivity (Wildman–Crippen MR) is 117 cm³/mol. The number of nitriles is 1. The lowest BCUT2D eigenvalue weighted by atomic mass is 10.1. The van der Waals surface area contributed by atoms with Crippen molar-refractivity contribution in [3.05, 3.63) is 71.7 Å². The minimum Gasteiger partial charge on any atom is -0.368 e. The Hall–Kier alpha value is -4.12. The number of rotatable bonds is 6. The second-order valence-electron chi connectivity index (χ2n) is 7.71. The molecule has 0 saturated carbocycles. The molecule has 0 bridgehead atoms. The Morgan fingerprint density at radius 1 is 0.968 bits per heavy atom. The average Bonchev–Trinajstić information content (AvgIpc) is 3.21. The molecule has 4 rings (SSSR count). The van der Waals surface area contributed by atoms with Gasteiger partial charge in [-0.15, -0.1) is 5.10 Å². The number of nitrogens with zero attached hydrogens (tertiary/aromatic N) is 7. The van der Waals surface area contributed by atoms with Gasteiger partial charge >= 0.3 is 0 Å². The number of nitrogens with two attached hydrogens (primary N) is 1. The van der Waals surface area contributed by atoms with Crippen molar-refractivity contribution in [3.8, 4) is 28.7 Å². The molecule has 3 aromatic heterocycles. The molecule has 154 valence electrons. The first-order valence-corrected chi connectivity index (χ1v) is 10.0. The fourth-order valence-corrected chi connectivity index (χ4v) is 3.30. The maximum Gasteiger partial charge on any atom is 0.221 e. The standard InChI is InChI=1S/C23H22N8/c1-15(2)9-18-7-4-8-19(26-18)13-31-14-22(29-30-31)21-11-20(27-23(25)28-21)17-6-3-5-16(10-17)12-24/h3-8,10-11,14-15H,9,13H2,1-2H3,(H2,25,27,28). The monoisotopic (exact) mass is 410 g/mol. The number of aromatic nitrogens is 6. The zero-order chi connectivity index (χ0) is 21.8. The van der Waals surface area contributed by atoms with Crippen LogP contribution in [-0.4, -0.2) is 29.9 Å². The van der Waals surface area contributed by atoms with E-state index in [0.717, 1.165) is 23.4 Å². The van der Waals surface area contributed by atoms with Crippen molar-refractivity contribution < 1.29 is 0 Å². The van der Waals surface area contributed by atoms with Crippen molar-refractivity contribution in [1.29, 1.82) is 5.26 Å². The van der Waals surface area contributed by atoms with E-state index in [-0.39, 0.29) is 5.95 Å². The van der Waals surface area contributed by atoms with Gasteiger partial charge in [0.1, 0.15) is 5.69 Å². The molecule has 3 heterocycles. The van der Waals surface area contributed by atoms with Gasteiger partial charge in [-0.2, -0.15) is 5.26 Å². The molecule has 0 fully saturated rings. The molecule has 0 radical (unpaired) electrons. The van der Waals surface area contributed by atoms with Crippen LogP contribution in [0.4, 0.5) is 5.95 Å². The molecule has 0 aliphatic rings. The molecule has 0 aliphatic carbocycles. The van der Waals surface area contributed by atoms with Gasteiger partial charge < -0.3 is 5.73 Å². The average molecular weight is 410 g/mol. The van der Waals surface area contributed by atoms with Crippen molar-refractivity contribution in [2.75, 3.05) is 5.73 Å². The van der Waals surface area contributed by atoms with Crippen molar-refractivity contribution in [2.45, 2.75) is 26.8 Å². The number of pyridine rings is 1. The summed E-state index contributed by atoms with van der Waals surface area (Å²) in [7, 11) is 0. The van der Waals surface area contributed by atoms with Crippen LogP contribution in [0.3, 0.4) is 0 Å². The maximum atomic E-state index is 9.15. The zero-order valence-corrected chi connectivity index (χ0v) is 17.4. The summed E-state index contributed by atoms with van der Waals surface area (Å²) in [6, 6.07) is 17.2. The summed E-state index contributed by atoms with van der Waals surface area (Å²) < 4.78 is 1.73. The zero-order valence-electron chi connectivity index (χ0n) is 17.4. The summed E-state index contributed by atoms with van der Waals surface area (Å²) in [5.41, 5.74) is 11.0. The van der Waals surface area contributed by atoms with Gasteiger partial charge in [0, 0.05) is 11.3 Å². The van der Waals surface area contributed by atoms with Crippen LogP contribution in [0.2, 0.25) is 0 Å². The van der Waals surface area contributed by atoms with E-state index in [1.165, 1.54) is 0 Å². The van der Waals surface area contributed by atoms with E-state index in [0.29, 0.717) is 35.1 Å². The van der Waals surface area contributed by atoms with Gasteiger partial charge in [-0.1, -0.05) is 37.3 Å². The molecule has 31 heavy (non-hydrogen) atoms. The molecular weight excluding hydrogens is 388 g/mol. The Bertz CT molecular complexity index is 1250. The van der Waals surface area contributed by atoms with E-state index in [2.05, 4.69) is 40.2 Å². The molecule has 0 unspecified atom stereocenters. The largest absolute Gasteiger partial charge is 0.368 e. The molecule has 8 heteroatoms. The van der Waals surface area contributed by atoms with Gasteiger partial charge in [0.2, 0.25) is 5.95 Å². The third-order valence-electron chi connectivity index (χ3n) is 4.64. The van der Waals surface area contributed by atoms with Crippen molar-refractivity contribution in [1.82, 2.24) is 29.9 Å². The van der Waals surface area contributed by atoms with Crippen LogP contribution in [0, 0.1) is 17.2 Å². The lowest BCUT2D eigenvalue weighted by molar-refractivity contribution is 0.615. The second kappa shape index (κ2) is 8.71. The first-order valence-electron chi connectivity index (χ1n) is 10.0. The highest BCUT2D eigenvalue weighted by atomic mass is 15.4. The van der Waals surface area contributed by atoms with E-state index in [1.807, 2.05) is 36.5 Å². The number of anilines is 1. The van der Waals surface area contributed by atoms with Crippen LogP contribution in [0.5, 0.6) is 0 Å². The molecule has 2 N–H and O–H groups in total. The number of nitrogen functional groups attached to an aromatic ring is 1. The minimum atomic E-state index is 0.132. The Labute approximate surface area is 180 Å². The van der Waals surface area contributed by atoms with Crippen LogP contribution in [0.1, 0.15) is 30.8 Å². The van der Waals surface area contributed by atoms with Gasteiger partial charge in [0.05, 0.1) is 41.5 Å². The summed E-state index contributed by atoms with van der Waals surface area (Å²) in [4.78, 5) is 13.3. The van der Waals surface area contributed by atoms with Crippen molar-refractivity contribution >= 4 is 5.95 Å². The Balaban J connectivity index is 1.59. The first-order chi connectivity index (χ1) is 15.0. The minimum absolute atomic E-state index is 0.132. The van der Waals surface area contributed by atoms with Gasteiger partial charge in [0.25, 0.3) is 0 Å². The Morgan fingerprint density at radius 3 is 2.55 bits per heavy atom. The Morgan fingerprint density at radius 2 is 1.74 bits per heavy atom. The Kier molecular flexibility index (Phi) is 5.67. The van der Waals surface area contributed by atoms with E-state index in [1.54, 1.807) is 22.9 Å². The van der Waals surface area contributed by atoms with Gasteiger partial charge in [-0.25, -0.2) is 14.6 Å². The normalized spacial score (nSPS) is 10.9. The smallest absolute Gasteiger partial charge is 0.221 e. The summed E-state index contributed by atoms with van der Waals surface area (Å²) in [6.45, 7) is 4.86. The molecule has 1 aromatic carbocycles. The fourth-order valence-electron chi connectivity index (χ4n) is 3.30. The summed E-state index contributed by atoms with van der Waals surface area (Å²) in [5.74, 6) is 0.680. The first kappa shape index (κ1) is 20.2. The van der Waals surface area contributed by atoms with Gasteiger partial charge in [-0.3, -0.25) is 4.98 Å². The predicted octanol–water partition coefficient (Wildman–Crippen LogP) is 3.50. The molecule has 0 aliphatic heterocycles. The van der Waals surface area contributed by atoms with E-state index in [9.17, 15) is 0 Å². The maximum absolute atomic E-state index is 9.15. The summed E-state index contributed by atoms with van der Waals surface area (Å²) >= 11 is 0. The van der Waals surface area contributed by atoms with Crippen LogP contribution in [0.25, 0.3) is 22.6 Å². The topological polar surface area (TPSA) is 119 Å². The fraction of sp³-hybridized carbons (Fsp3) is 0.217. The highest BCUT2D eigenvalue weighted by molar-refractivity contribution is 5.68. The molecule has 0 amide bonds. The van der Waals surface area contributed by atoms with E-state index in [4.69, 9.17) is 16.0 Å². The van der Waals surface area contributed by atoms with Crippen LogP contribution >= 0.6 is 0 Å². The van der Waals surface area contributed by atoms with Gasteiger partial charge in [-0.05, 0) is 42.7 Å². The summed E-state index contributed by atoms with van der Waals surface area (Å²) in [5, 5.41) is 17.6. The SMILES string of the molecule is CC(C)Cc1cccc(Cn2cc(-c3cc(-c4cccc(C#N)c4)nc(N)n3)nn2)n1. The molecular formula is C23H22N8. The third-order valence-corrected chi connectivity index (χ3v) is 4.64. The third kappa shape index (κ3) is 4.90. The second-order valence-corrected chi connectivity index (χ2v) is 7.71. The highest BCUT2D eigenvalue weighted by Crippen LogP contribution is 2.24. The number of hydrogen-bond donors (Lipinski definition) is 1. The van der Waals surface area contributed by atoms with Crippen LogP contribution in [-0.2, 0) is 13.0 Å².